The summed E-state index contributed by atoms with van der Waals surface area (Å²) in [5.74, 6) is -0.390. The standard InChI is InChI=1S/C11H21N2O/c1-13(2,3)8-6-4-5-7-11(9-12)10-14/h10-11H,4-8H2,1-3H3/q+1. The Kier molecular flexibility index (Phi) is 6.14. The molecule has 80 valence electrons. The van der Waals surface area contributed by atoms with Gasteiger partial charge in [0.2, 0.25) is 0 Å². The molecule has 0 aromatic rings. The van der Waals surface area contributed by atoms with Gasteiger partial charge in [-0.15, -0.1) is 0 Å². The van der Waals surface area contributed by atoms with Gasteiger partial charge in [0, 0.05) is 0 Å². The highest BCUT2D eigenvalue weighted by Crippen LogP contribution is 2.08. The van der Waals surface area contributed by atoms with Crippen LogP contribution in [-0.4, -0.2) is 38.5 Å². The summed E-state index contributed by atoms with van der Waals surface area (Å²) in [6, 6.07) is 1.99. The molecule has 0 spiro atoms. The van der Waals surface area contributed by atoms with Gasteiger partial charge in [0.25, 0.3) is 0 Å². The molecule has 1 unspecified atom stereocenters. The van der Waals surface area contributed by atoms with Crippen LogP contribution in [-0.2, 0) is 4.79 Å². The van der Waals surface area contributed by atoms with Crippen molar-refractivity contribution < 1.29 is 9.28 Å². The number of quaternary nitrogens is 1. The van der Waals surface area contributed by atoms with E-state index in [0.29, 0.717) is 0 Å². The Morgan fingerprint density at radius 2 is 1.93 bits per heavy atom. The molecule has 0 amide bonds. The molecule has 0 aliphatic carbocycles. The predicted octanol–water partition coefficient (Wildman–Crippen LogP) is 1.59. The van der Waals surface area contributed by atoms with Gasteiger partial charge in [0.15, 0.2) is 0 Å². The summed E-state index contributed by atoms with van der Waals surface area (Å²) in [5.41, 5.74) is 0. The molecule has 3 nitrogen and oxygen atoms in total. The van der Waals surface area contributed by atoms with Crippen LogP contribution in [0.25, 0.3) is 0 Å². The monoisotopic (exact) mass is 197 g/mol. The van der Waals surface area contributed by atoms with Crippen molar-refractivity contribution in [2.75, 3.05) is 27.7 Å². The van der Waals surface area contributed by atoms with E-state index in [1.165, 1.54) is 6.42 Å². The van der Waals surface area contributed by atoms with Gasteiger partial charge in [-0.05, 0) is 19.3 Å². The van der Waals surface area contributed by atoms with Crippen LogP contribution in [0.2, 0.25) is 0 Å². The Morgan fingerprint density at radius 3 is 2.36 bits per heavy atom. The number of carbonyl (C=O) groups is 1. The zero-order chi connectivity index (χ0) is 11.0. The number of aldehydes is 1. The molecular weight excluding hydrogens is 176 g/mol. The highest BCUT2D eigenvalue weighted by atomic mass is 16.1. The van der Waals surface area contributed by atoms with Crippen LogP contribution in [0.1, 0.15) is 25.7 Å². The summed E-state index contributed by atoms with van der Waals surface area (Å²) in [7, 11) is 6.51. The van der Waals surface area contributed by atoms with Gasteiger partial charge < -0.3 is 9.28 Å². The lowest BCUT2D eigenvalue weighted by molar-refractivity contribution is -0.870. The number of unbranched alkanes of at least 4 members (excludes halogenated alkanes) is 2. The molecule has 0 rings (SSSR count). The van der Waals surface area contributed by atoms with E-state index < -0.39 is 0 Å². The van der Waals surface area contributed by atoms with Crippen molar-refractivity contribution in [2.45, 2.75) is 25.7 Å². The van der Waals surface area contributed by atoms with Crippen molar-refractivity contribution in [1.82, 2.24) is 0 Å². The molecule has 0 saturated carbocycles. The first-order chi connectivity index (χ1) is 6.49. The van der Waals surface area contributed by atoms with Crippen LogP contribution in [0.4, 0.5) is 0 Å². The summed E-state index contributed by atoms with van der Waals surface area (Å²) in [5, 5.41) is 8.53. The largest absolute Gasteiger partial charge is 0.331 e. The summed E-state index contributed by atoms with van der Waals surface area (Å²) in [4.78, 5) is 10.3. The van der Waals surface area contributed by atoms with Crippen LogP contribution >= 0.6 is 0 Å². The number of hydrogen-bond acceptors (Lipinski definition) is 2. The van der Waals surface area contributed by atoms with Crippen LogP contribution in [0, 0.1) is 17.2 Å². The maximum Gasteiger partial charge on any atom is 0.137 e. The van der Waals surface area contributed by atoms with Gasteiger partial charge in [-0.25, -0.2) is 0 Å². The molecule has 0 heterocycles. The van der Waals surface area contributed by atoms with Gasteiger partial charge in [0.1, 0.15) is 12.2 Å². The van der Waals surface area contributed by atoms with Gasteiger partial charge in [0.05, 0.1) is 33.8 Å². The zero-order valence-corrected chi connectivity index (χ0v) is 9.49. The second-order valence-electron chi connectivity index (χ2n) is 4.73. The van der Waals surface area contributed by atoms with Crippen molar-refractivity contribution in [3.05, 3.63) is 0 Å². The zero-order valence-electron chi connectivity index (χ0n) is 9.49. The summed E-state index contributed by atoms with van der Waals surface area (Å²) < 4.78 is 0.982. The van der Waals surface area contributed by atoms with E-state index in [1.807, 2.05) is 6.07 Å². The first kappa shape index (κ1) is 13.1. The lowest BCUT2D eigenvalue weighted by atomic mass is 10.0. The highest BCUT2D eigenvalue weighted by molar-refractivity contribution is 5.57. The molecule has 0 aliphatic rings. The van der Waals surface area contributed by atoms with E-state index in [1.54, 1.807) is 0 Å². The molecule has 0 fully saturated rings. The SMILES string of the molecule is C[N+](C)(C)CCCCCC(C#N)C=O. The maximum absolute atomic E-state index is 10.3. The van der Waals surface area contributed by atoms with Gasteiger partial charge in [-0.2, -0.15) is 5.26 Å². The van der Waals surface area contributed by atoms with E-state index in [0.717, 1.165) is 36.6 Å². The third kappa shape index (κ3) is 7.75. The van der Waals surface area contributed by atoms with Gasteiger partial charge in [-0.3, -0.25) is 0 Å². The Morgan fingerprint density at radius 1 is 1.29 bits per heavy atom. The van der Waals surface area contributed by atoms with Gasteiger partial charge in [-0.1, -0.05) is 6.42 Å². The van der Waals surface area contributed by atoms with E-state index >= 15 is 0 Å². The van der Waals surface area contributed by atoms with Crippen molar-refractivity contribution in [3.8, 4) is 6.07 Å². The third-order valence-electron chi connectivity index (χ3n) is 2.17. The molecule has 1 atom stereocenters. The van der Waals surface area contributed by atoms with Crippen molar-refractivity contribution in [3.63, 3.8) is 0 Å². The number of carbonyl (C=O) groups excluding carboxylic acids is 1. The second-order valence-corrected chi connectivity index (χ2v) is 4.73. The third-order valence-corrected chi connectivity index (χ3v) is 2.17. The first-order valence-corrected chi connectivity index (χ1v) is 5.15. The minimum atomic E-state index is -0.390. The predicted molar refractivity (Wildman–Crippen MR) is 56.5 cm³/mol. The molecule has 0 N–H and O–H groups in total. The van der Waals surface area contributed by atoms with E-state index in [-0.39, 0.29) is 5.92 Å². The average Bonchev–Trinajstić information content (AvgIpc) is 2.09. The van der Waals surface area contributed by atoms with Gasteiger partial charge >= 0.3 is 0 Å². The second kappa shape index (κ2) is 6.56. The molecule has 0 saturated heterocycles. The maximum atomic E-state index is 10.3. The molecule has 0 aromatic heterocycles. The van der Waals surface area contributed by atoms with E-state index in [4.69, 9.17) is 5.26 Å². The Hall–Kier alpha value is -0.880. The van der Waals surface area contributed by atoms with Crippen LogP contribution in [0.3, 0.4) is 0 Å². The lowest BCUT2D eigenvalue weighted by Gasteiger charge is -2.23. The topological polar surface area (TPSA) is 40.9 Å². The fourth-order valence-electron chi connectivity index (χ4n) is 1.29. The molecule has 0 aliphatic heterocycles. The molecule has 3 heteroatoms. The minimum absolute atomic E-state index is 0.390. The number of rotatable bonds is 7. The number of hydrogen-bond donors (Lipinski definition) is 0. The lowest BCUT2D eigenvalue weighted by Crippen LogP contribution is -2.35. The molecule has 0 radical (unpaired) electrons. The summed E-state index contributed by atoms with van der Waals surface area (Å²) in [6.45, 7) is 1.15. The van der Waals surface area contributed by atoms with Crippen molar-refractivity contribution in [2.24, 2.45) is 5.92 Å². The molecule has 0 bridgehead atoms. The average molecular weight is 197 g/mol. The van der Waals surface area contributed by atoms with Crippen LogP contribution in [0.15, 0.2) is 0 Å². The first-order valence-electron chi connectivity index (χ1n) is 5.15. The smallest absolute Gasteiger partial charge is 0.137 e. The van der Waals surface area contributed by atoms with Crippen LogP contribution < -0.4 is 0 Å². The number of nitrogens with zero attached hydrogens (tertiary/aromatic N) is 2. The Labute approximate surface area is 86.9 Å². The Bertz CT molecular complexity index is 200. The molecular formula is C11H21N2O+. The fraction of sp³-hybridized carbons (Fsp3) is 0.818. The minimum Gasteiger partial charge on any atom is -0.331 e. The normalized spacial score (nSPS) is 13.3. The summed E-state index contributed by atoms with van der Waals surface area (Å²) >= 11 is 0. The van der Waals surface area contributed by atoms with E-state index in [2.05, 4.69) is 21.1 Å². The van der Waals surface area contributed by atoms with Crippen molar-refractivity contribution in [1.29, 1.82) is 5.26 Å². The summed E-state index contributed by atoms with van der Waals surface area (Å²) in [6.07, 6.45) is 4.73. The highest BCUT2D eigenvalue weighted by Gasteiger charge is 2.07. The van der Waals surface area contributed by atoms with Crippen LogP contribution in [0.5, 0.6) is 0 Å². The molecule has 0 aromatic carbocycles. The Balaban J connectivity index is 3.39. The number of nitriles is 1. The fourth-order valence-corrected chi connectivity index (χ4v) is 1.29. The molecule has 14 heavy (non-hydrogen) atoms. The van der Waals surface area contributed by atoms with Crippen molar-refractivity contribution >= 4 is 6.29 Å². The van der Waals surface area contributed by atoms with E-state index in [9.17, 15) is 4.79 Å². The quantitative estimate of drug-likeness (QED) is 0.353.